The van der Waals surface area contributed by atoms with Crippen molar-refractivity contribution in [2.45, 2.75) is 39.8 Å². The van der Waals surface area contributed by atoms with E-state index in [9.17, 15) is 0 Å². The molecule has 0 rings (SSSR count). The summed E-state index contributed by atoms with van der Waals surface area (Å²) < 4.78 is 5.32. The predicted octanol–water partition coefficient (Wildman–Crippen LogP) is 1.34. The second-order valence-corrected chi connectivity index (χ2v) is 4.09. The first-order valence-corrected chi connectivity index (χ1v) is 5.59. The van der Waals surface area contributed by atoms with E-state index in [1.54, 1.807) is 0 Å². The fraction of sp³-hybridized carbons (Fsp3) is 1.00. The van der Waals surface area contributed by atoms with Crippen LogP contribution in [0.25, 0.3) is 0 Å². The summed E-state index contributed by atoms with van der Waals surface area (Å²) in [6.07, 6.45) is 0. The fourth-order valence-electron chi connectivity index (χ4n) is 1.14. The van der Waals surface area contributed by atoms with Crippen molar-refractivity contribution in [3.63, 3.8) is 0 Å². The van der Waals surface area contributed by atoms with Gasteiger partial charge in [0.25, 0.3) is 0 Å². The highest BCUT2D eigenvalue weighted by atomic mass is 16.5. The molecular weight excluding hydrogens is 176 g/mol. The van der Waals surface area contributed by atoms with Gasteiger partial charge in [0.1, 0.15) is 0 Å². The first-order valence-electron chi connectivity index (χ1n) is 5.59. The molecule has 0 saturated carbocycles. The number of nitrogens with one attached hydrogen (secondary N) is 1. The first kappa shape index (κ1) is 13.9. The molecule has 0 aliphatic rings. The van der Waals surface area contributed by atoms with Crippen LogP contribution >= 0.6 is 0 Å². The Morgan fingerprint density at radius 1 is 1.29 bits per heavy atom. The van der Waals surface area contributed by atoms with Crippen molar-refractivity contribution in [3.05, 3.63) is 0 Å². The SMILES string of the molecule is CCOCCN(C)C(C)CNC(C)C. The Labute approximate surface area is 88.8 Å². The summed E-state index contributed by atoms with van der Waals surface area (Å²) in [6.45, 7) is 12.3. The molecule has 1 atom stereocenters. The first-order chi connectivity index (χ1) is 6.57. The maximum atomic E-state index is 5.32. The largest absolute Gasteiger partial charge is 0.380 e. The lowest BCUT2D eigenvalue weighted by Crippen LogP contribution is -2.41. The van der Waals surface area contributed by atoms with Gasteiger partial charge < -0.3 is 15.0 Å². The zero-order valence-corrected chi connectivity index (χ0v) is 10.3. The monoisotopic (exact) mass is 202 g/mol. The van der Waals surface area contributed by atoms with Crippen LogP contribution in [-0.2, 0) is 4.74 Å². The molecule has 3 heteroatoms. The lowest BCUT2D eigenvalue weighted by atomic mass is 10.2. The molecule has 0 aromatic rings. The molecule has 0 aliphatic carbocycles. The molecule has 0 fully saturated rings. The van der Waals surface area contributed by atoms with Crippen LogP contribution in [0.3, 0.4) is 0 Å². The van der Waals surface area contributed by atoms with Gasteiger partial charge in [-0.3, -0.25) is 0 Å². The highest BCUT2D eigenvalue weighted by molar-refractivity contribution is 4.67. The Balaban J connectivity index is 3.49. The molecule has 1 unspecified atom stereocenters. The quantitative estimate of drug-likeness (QED) is 0.601. The highest BCUT2D eigenvalue weighted by Crippen LogP contribution is 1.94. The van der Waals surface area contributed by atoms with Gasteiger partial charge in [0.05, 0.1) is 6.61 Å². The van der Waals surface area contributed by atoms with Gasteiger partial charge in [-0.05, 0) is 20.9 Å². The van der Waals surface area contributed by atoms with Crippen LogP contribution in [0, 0.1) is 0 Å². The van der Waals surface area contributed by atoms with Crippen LogP contribution in [0.1, 0.15) is 27.7 Å². The normalized spacial score (nSPS) is 13.9. The number of rotatable bonds is 8. The molecule has 0 radical (unpaired) electrons. The zero-order valence-electron chi connectivity index (χ0n) is 10.3. The van der Waals surface area contributed by atoms with E-state index in [1.807, 2.05) is 6.92 Å². The Kier molecular flexibility index (Phi) is 8.14. The van der Waals surface area contributed by atoms with Gasteiger partial charge in [0, 0.05) is 31.8 Å². The lowest BCUT2D eigenvalue weighted by Gasteiger charge is -2.25. The van der Waals surface area contributed by atoms with Crippen molar-refractivity contribution >= 4 is 0 Å². The van der Waals surface area contributed by atoms with Gasteiger partial charge in [0.2, 0.25) is 0 Å². The molecule has 86 valence electrons. The molecule has 3 nitrogen and oxygen atoms in total. The van der Waals surface area contributed by atoms with E-state index in [4.69, 9.17) is 4.74 Å². The van der Waals surface area contributed by atoms with E-state index >= 15 is 0 Å². The van der Waals surface area contributed by atoms with E-state index in [1.165, 1.54) is 0 Å². The Morgan fingerprint density at radius 3 is 2.43 bits per heavy atom. The molecule has 0 spiro atoms. The van der Waals surface area contributed by atoms with Gasteiger partial charge >= 0.3 is 0 Å². The number of likely N-dealkylation sites (N-methyl/N-ethyl adjacent to an activating group) is 1. The zero-order chi connectivity index (χ0) is 11.0. The summed E-state index contributed by atoms with van der Waals surface area (Å²) >= 11 is 0. The van der Waals surface area contributed by atoms with Gasteiger partial charge in [0.15, 0.2) is 0 Å². The summed E-state index contributed by atoms with van der Waals surface area (Å²) in [7, 11) is 2.14. The van der Waals surface area contributed by atoms with Gasteiger partial charge in [-0.25, -0.2) is 0 Å². The Bertz CT molecular complexity index is 128. The van der Waals surface area contributed by atoms with Crippen molar-refractivity contribution in [2.24, 2.45) is 0 Å². The topological polar surface area (TPSA) is 24.5 Å². The average Bonchev–Trinajstić information content (AvgIpc) is 2.14. The third-order valence-corrected chi connectivity index (χ3v) is 2.37. The van der Waals surface area contributed by atoms with E-state index in [0.717, 1.165) is 26.3 Å². The summed E-state index contributed by atoms with van der Waals surface area (Å²) in [5.74, 6) is 0. The third kappa shape index (κ3) is 7.30. The van der Waals surface area contributed by atoms with E-state index in [0.29, 0.717) is 12.1 Å². The van der Waals surface area contributed by atoms with E-state index < -0.39 is 0 Å². The highest BCUT2D eigenvalue weighted by Gasteiger charge is 2.08. The molecule has 0 aliphatic heterocycles. The molecule has 14 heavy (non-hydrogen) atoms. The standard InChI is InChI=1S/C11H26N2O/c1-6-14-8-7-13(5)11(4)9-12-10(2)3/h10-12H,6-9H2,1-5H3. The minimum Gasteiger partial charge on any atom is -0.380 e. The van der Waals surface area contributed by atoms with Crippen molar-refractivity contribution in [1.82, 2.24) is 10.2 Å². The molecule has 0 saturated heterocycles. The van der Waals surface area contributed by atoms with Crippen molar-refractivity contribution < 1.29 is 4.74 Å². The summed E-state index contributed by atoms with van der Waals surface area (Å²) in [5.41, 5.74) is 0. The Morgan fingerprint density at radius 2 is 1.93 bits per heavy atom. The molecule has 1 N–H and O–H groups in total. The van der Waals surface area contributed by atoms with Crippen molar-refractivity contribution in [2.75, 3.05) is 33.4 Å². The van der Waals surface area contributed by atoms with Crippen LogP contribution in [-0.4, -0.2) is 50.3 Å². The third-order valence-electron chi connectivity index (χ3n) is 2.37. The Hall–Kier alpha value is -0.120. The fourth-order valence-corrected chi connectivity index (χ4v) is 1.14. The van der Waals surface area contributed by atoms with Gasteiger partial charge in [-0.2, -0.15) is 0 Å². The number of nitrogens with zero attached hydrogens (tertiary/aromatic N) is 1. The number of hydrogen-bond acceptors (Lipinski definition) is 3. The van der Waals surface area contributed by atoms with E-state index in [2.05, 4.69) is 38.0 Å². The average molecular weight is 202 g/mol. The van der Waals surface area contributed by atoms with Crippen LogP contribution < -0.4 is 5.32 Å². The molecule has 0 aromatic carbocycles. The number of hydrogen-bond donors (Lipinski definition) is 1. The minimum atomic E-state index is 0.567. The van der Waals surface area contributed by atoms with Crippen molar-refractivity contribution in [3.8, 4) is 0 Å². The molecular formula is C11H26N2O. The summed E-state index contributed by atoms with van der Waals surface area (Å²) in [6, 6.07) is 1.13. The van der Waals surface area contributed by atoms with Gasteiger partial charge in [-0.15, -0.1) is 0 Å². The summed E-state index contributed by atoms with van der Waals surface area (Å²) in [5, 5.41) is 3.43. The maximum absolute atomic E-state index is 5.32. The second-order valence-electron chi connectivity index (χ2n) is 4.09. The maximum Gasteiger partial charge on any atom is 0.0593 e. The number of ether oxygens (including phenoxy) is 1. The molecule has 0 amide bonds. The summed E-state index contributed by atoms with van der Waals surface area (Å²) in [4.78, 5) is 2.32. The van der Waals surface area contributed by atoms with Crippen LogP contribution in [0.5, 0.6) is 0 Å². The van der Waals surface area contributed by atoms with Gasteiger partial charge in [-0.1, -0.05) is 13.8 Å². The molecule has 0 bridgehead atoms. The molecule has 0 heterocycles. The smallest absolute Gasteiger partial charge is 0.0593 e. The van der Waals surface area contributed by atoms with Crippen LogP contribution in [0.4, 0.5) is 0 Å². The van der Waals surface area contributed by atoms with Crippen LogP contribution in [0.15, 0.2) is 0 Å². The van der Waals surface area contributed by atoms with Crippen molar-refractivity contribution in [1.29, 1.82) is 0 Å². The van der Waals surface area contributed by atoms with E-state index in [-0.39, 0.29) is 0 Å². The predicted molar refractivity (Wildman–Crippen MR) is 61.7 cm³/mol. The molecule has 0 aromatic heterocycles. The van der Waals surface area contributed by atoms with Crippen LogP contribution in [0.2, 0.25) is 0 Å². The second kappa shape index (κ2) is 8.21. The minimum absolute atomic E-state index is 0.567. The lowest BCUT2D eigenvalue weighted by molar-refractivity contribution is 0.109.